The van der Waals surface area contributed by atoms with Gasteiger partial charge >= 0.3 is 6.03 Å². The lowest BCUT2D eigenvalue weighted by molar-refractivity contribution is -0.131. The maximum Gasteiger partial charge on any atom is 0.325 e. The van der Waals surface area contributed by atoms with Crippen LogP contribution in [-0.2, 0) is 4.79 Å². The van der Waals surface area contributed by atoms with Gasteiger partial charge in [0.05, 0.1) is 15.8 Å². The molecule has 3 amide bonds. The van der Waals surface area contributed by atoms with Crippen LogP contribution in [0.15, 0.2) is 12.1 Å². The van der Waals surface area contributed by atoms with Gasteiger partial charge in [-0.3, -0.25) is 14.5 Å². The number of rotatable bonds is 5. The van der Waals surface area contributed by atoms with Gasteiger partial charge in [-0.25, -0.2) is 4.79 Å². The van der Waals surface area contributed by atoms with Gasteiger partial charge in [0.2, 0.25) is 0 Å². The van der Waals surface area contributed by atoms with Crippen LogP contribution in [0.25, 0.3) is 0 Å². The van der Waals surface area contributed by atoms with Gasteiger partial charge in [-0.05, 0) is 31.4 Å². The summed E-state index contributed by atoms with van der Waals surface area (Å²) in [4.78, 5) is 37.9. The molecule has 21 heavy (non-hydrogen) atoms. The third-order valence-corrected chi connectivity index (χ3v) is 4.58. The van der Waals surface area contributed by atoms with Crippen molar-refractivity contribution in [3.8, 4) is 0 Å². The summed E-state index contributed by atoms with van der Waals surface area (Å²) in [5, 5.41) is 2.69. The quantitative estimate of drug-likeness (QED) is 0.667. The molecule has 2 heterocycles. The highest BCUT2D eigenvalue weighted by atomic mass is 35.5. The van der Waals surface area contributed by atoms with Crippen molar-refractivity contribution in [2.75, 3.05) is 6.54 Å². The normalized spacial score (nSPS) is 22.0. The smallest absolute Gasteiger partial charge is 0.323 e. The second-order valence-corrected chi connectivity index (χ2v) is 7.49. The summed E-state index contributed by atoms with van der Waals surface area (Å²) in [5.74, 6) is -0.382. The van der Waals surface area contributed by atoms with Gasteiger partial charge in [-0.1, -0.05) is 25.4 Å². The number of imide groups is 1. The van der Waals surface area contributed by atoms with Crippen molar-refractivity contribution in [1.29, 1.82) is 0 Å². The molecule has 1 N–H and O–H groups in total. The Kier molecular flexibility index (Phi) is 4.39. The summed E-state index contributed by atoms with van der Waals surface area (Å²) in [6, 6.07) is 2.70. The van der Waals surface area contributed by atoms with E-state index < -0.39 is 11.6 Å². The lowest BCUT2D eigenvalue weighted by Crippen LogP contribution is -2.45. The van der Waals surface area contributed by atoms with Crippen molar-refractivity contribution in [1.82, 2.24) is 10.2 Å². The number of halogens is 1. The van der Waals surface area contributed by atoms with Gasteiger partial charge in [-0.15, -0.1) is 11.3 Å². The SMILES string of the molecule is CC(C)CC1(C)NC(=O)N(CC(=O)c2ccc(Cl)s2)C1=O. The van der Waals surface area contributed by atoms with Crippen LogP contribution in [0.4, 0.5) is 4.79 Å². The summed E-state index contributed by atoms with van der Waals surface area (Å²) in [7, 11) is 0. The Morgan fingerprint density at radius 3 is 2.62 bits per heavy atom. The molecular weight excluding hydrogens is 312 g/mol. The van der Waals surface area contributed by atoms with E-state index in [0.717, 1.165) is 16.2 Å². The Morgan fingerprint density at radius 2 is 2.10 bits per heavy atom. The number of carbonyl (C=O) groups excluding carboxylic acids is 3. The molecule has 7 heteroatoms. The van der Waals surface area contributed by atoms with Gasteiger partial charge in [0.25, 0.3) is 5.91 Å². The minimum Gasteiger partial charge on any atom is -0.323 e. The van der Waals surface area contributed by atoms with E-state index in [0.29, 0.717) is 15.6 Å². The summed E-state index contributed by atoms with van der Waals surface area (Å²) in [6.45, 7) is 5.40. The molecule has 114 valence electrons. The Hall–Kier alpha value is -1.40. The molecule has 0 saturated carbocycles. The maximum absolute atomic E-state index is 12.4. The van der Waals surface area contributed by atoms with Crippen molar-refractivity contribution >= 4 is 40.7 Å². The topological polar surface area (TPSA) is 66.5 Å². The Balaban J connectivity index is 2.12. The van der Waals surface area contributed by atoms with Crippen LogP contribution in [-0.4, -0.2) is 34.7 Å². The van der Waals surface area contributed by atoms with E-state index >= 15 is 0 Å². The number of hydrogen-bond acceptors (Lipinski definition) is 4. The molecule has 1 fully saturated rings. The molecule has 0 radical (unpaired) electrons. The predicted octanol–water partition coefficient (Wildman–Crippen LogP) is 2.94. The van der Waals surface area contributed by atoms with Gasteiger partial charge < -0.3 is 5.32 Å². The number of nitrogens with one attached hydrogen (secondary N) is 1. The van der Waals surface area contributed by atoms with Crippen LogP contribution >= 0.6 is 22.9 Å². The molecule has 0 spiro atoms. The number of urea groups is 1. The first kappa shape index (κ1) is 16.0. The van der Waals surface area contributed by atoms with Crippen molar-refractivity contribution in [3.63, 3.8) is 0 Å². The first-order chi connectivity index (χ1) is 9.73. The van der Waals surface area contributed by atoms with Gasteiger partial charge in [0.15, 0.2) is 5.78 Å². The molecule has 1 aromatic rings. The number of carbonyl (C=O) groups is 3. The summed E-state index contributed by atoms with van der Waals surface area (Å²) in [6.07, 6.45) is 0.535. The summed E-state index contributed by atoms with van der Waals surface area (Å²) < 4.78 is 0.500. The largest absolute Gasteiger partial charge is 0.325 e. The third kappa shape index (κ3) is 3.27. The zero-order chi connectivity index (χ0) is 15.8. The minimum atomic E-state index is -0.932. The minimum absolute atomic E-state index is 0.255. The fourth-order valence-electron chi connectivity index (χ4n) is 2.53. The monoisotopic (exact) mass is 328 g/mol. The highest BCUT2D eigenvalue weighted by molar-refractivity contribution is 7.18. The number of nitrogens with zero attached hydrogens (tertiary/aromatic N) is 1. The first-order valence-electron chi connectivity index (χ1n) is 6.65. The molecule has 1 saturated heterocycles. The second kappa shape index (κ2) is 5.77. The van der Waals surface area contributed by atoms with Crippen LogP contribution in [0.5, 0.6) is 0 Å². The molecule has 0 bridgehead atoms. The standard InChI is InChI=1S/C14H17ClN2O3S/c1-8(2)6-14(3)12(19)17(13(20)16-14)7-9(18)10-4-5-11(15)21-10/h4-5,8H,6-7H2,1-3H3,(H,16,20). The Bertz CT molecular complexity index is 599. The Morgan fingerprint density at radius 1 is 1.43 bits per heavy atom. The molecule has 1 unspecified atom stereocenters. The predicted molar refractivity (Wildman–Crippen MR) is 81.8 cm³/mol. The van der Waals surface area contributed by atoms with Gasteiger partial charge in [-0.2, -0.15) is 0 Å². The molecule has 2 rings (SSSR count). The highest BCUT2D eigenvalue weighted by Gasteiger charge is 2.48. The molecular formula is C14H17ClN2O3S. The van der Waals surface area contributed by atoms with E-state index in [-0.39, 0.29) is 24.2 Å². The zero-order valence-corrected chi connectivity index (χ0v) is 13.7. The van der Waals surface area contributed by atoms with Crippen LogP contribution in [0.3, 0.4) is 0 Å². The molecule has 5 nitrogen and oxygen atoms in total. The fourth-order valence-corrected chi connectivity index (χ4v) is 3.50. The molecule has 0 aromatic carbocycles. The van der Waals surface area contributed by atoms with Crippen molar-refractivity contribution in [3.05, 3.63) is 21.3 Å². The average Bonchev–Trinajstić information content (AvgIpc) is 2.87. The number of Topliss-reactive ketones (excluding diaryl/α,β-unsaturated/α-hetero) is 1. The van der Waals surface area contributed by atoms with Crippen molar-refractivity contribution in [2.24, 2.45) is 5.92 Å². The van der Waals surface area contributed by atoms with Crippen LogP contribution in [0.1, 0.15) is 36.9 Å². The number of amides is 3. The lowest BCUT2D eigenvalue weighted by atomic mass is 9.91. The van der Waals surface area contributed by atoms with Crippen LogP contribution in [0, 0.1) is 5.92 Å². The summed E-state index contributed by atoms with van der Waals surface area (Å²) in [5.41, 5.74) is -0.932. The molecule has 1 aliphatic rings. The van der Waals surface area contributed by atoms with E-state index in [4.69, 9.17) is 11.6 Å². The fraction of sp³-hybridized carbons (Fsp3) is 0.500. The van der Waals surface area contributed by atoms with Crippen LogP contribution < -0.4 is 5.32 Å². The van der Waals surface area contributed by atoms with Crippen molar-refractivity contribution < 1.29 is 14.4 Å². The second-order valence-electron chi connectivity index (χ2n) is 5.78. The highest BCUT2D eigenvalue weighted by Crippen LogP contribution is 2.26. The van der Waals surface area contributed by atoms with Gasteiger partial charge in [0, 0.05) is 0 Å². The van der Waals surface area contributed by atoms with E-state index in [2.05, 4.69) is 5.32 Å². The first-order valence-corrected chi connectivity index (χ1v) is 7.85. The molecule has 1 aromatic heterocycles. The molecule has 1 atom stereocenters. The lowest BCUT2D eigenvalue weighted by Gasteiger charge is -2.23. The molecule has 0 aliphatic carbocycles. The average molecular weight is 329 g/mol. The van der Waals surface area contributed by atoms with E-state index in [1.165, 1.54) is 0 Å². The number of ketones is 1. The molecule has 1 aliphatic heterocycles. The summed E-state index contributed by atoms with van der Waals surface area (Å²) >= 11 is 6.93. The van der Waals surface area contributed by atoms with Crippen LogP contribution in [0.2, 0.25) is 4.34 Å². The third-order valence-electron chi connectivity index (χ3n) is 3.31. The number of thiophene rings is 1. The Labute approximate surface area is 132 Å². The van der Waals surface area contributed by atoms with E-state index in [1.54, 1.807) is 19.1 Å². The van der Waals surface area contributed by atoms with E-state index in [9.17, 15) is 14.4 Å². The van der Waals surface area contributed by atoms with Crippen molar-refractivity contribution in [2.45, 2.75) is 32.7 Å². The number of hydrogen-bond donors (Lipinski definition) is 1. The zero-order valence-electron chi connectivity index (χ0n) is 12.1. The van der Waals surface area contributed by atoms with Gasteiger partial charge in [0.1, 0.15) is 5.54 Å². The maximum atomic E-state index is 12.4. The van der Waals surface area contributed by atoms with E-state index in [1.807, 2.05) is 13.8 Å².